The molecule has 17 heteroatoms. The van der Waals surface area contributed by atoms with Crippen LogP contribution in [0, 0.1) is 0 Å². The maximum Gasteiger partial charge on any atom is 0.291 e. The minimum absolute atomic E-state index is 0.0310. The number of nitrogens with zero attached hydrogens (tertiary/aromatic N) is 7. The summed E-state index contributed by atoms with van der Waals surface area (Å²) < 4.78 is 18.5. The van der Waals surface area contributed by atoms with E-state index in [4.69, 9.17) is 9.47 Å². The maximum absolute atomic E-state index is 13.5. The van der Waals surface area contributed by atoms with Gasteiger partial charge in [0, 0.05) is 99.7 Å². The fourth-order valence-electron chi connectivity index (χ4n) is 8.29. The third-order valence-electron chi connectivity index (χ3n) is 11.5. The molecule has 1 saturated heterocycles. The van der Waals surface area contributed by atoms with Crippen LogP contribution < -0.4 is 25.4 Å². The van der Waals surface area contributed by atoms with Crippen LogP contribution in [0.15, 0.2) is 90.5 Å². The number of imidazole rings is 1. The molecule has 65 heavy (non-hydrogen) atoms. The SMILES string of the molecule is C=C1C[C@H]2C=Nc3cc(OCCCC(=O)Nc4cn(C)c(C(=O)Nc5cc(C(=O)Cc6cc(C(=O)Nc7ccc8c(ccn8C(C)(C)C)c7)n(C)c6)n(C)c5)n4)c(OC)cc3C(=O)N2C1. The van der Waals surface area contributed by atoms with E-state index in [1.807, 2.05) is 30.5 Å². The number of rotatable bonds is 14. The highest BCUT2D eigenvalue weighted by Gasteiger charge is 2.34. The van der Waals surface area contributed by atoms with Gasteiger partial charge in [-0.3, -0.25) is 29.0 Å². The van der Waals surface area contributed by atoms with E-state index in [9.17, 15) is 24.0 Å². The van der Waals surface area contributed by atoms with E-state index in [2.05, 4.69) is 57.8 Å². The fraction of sp³-hybridized carbons (Fsp3) is 0.312. The van der Waals surface area contributed by atoms with Crippen LogP contribution >= 0.6 is 0 Å². The van der Waals surface area contributed by atoms with Crippen LogP contribution in [0.5, 0.6) is 11.5 Å². The summed E-state index contributed by atoms with van der Waals surface area (Å²) in [6, 6.07) is 14.3. The van der Waals surface area contributed by atoms with Crippen molar-refractivity contribution in [3.63, 3.8) is 0 Å². The summed E-state index contributed by atoms with van der Waals surface area (Å²) in [6.07, 6.45) is 9.88. The van der Waals surface area contributed by atoms with Gasteiger partial charge in [-0.15, -0.1) is 0 Å². The second-order valence-corrected chi connectivity index (χ2v) is 17.5. The zero-order valence-electron chi connectivity index (χ0n) is 37.5. The van der Waals surface area contributed by atoms with Gasteiger partial charge < -0.3 is 48.6 Å². The van der Waals surface area contributed by atoms with Gasteiger partial charge in [-0.2, -0.15) is 0 Å². The predicted octanol–water partition coefficient (Wildman–Crippen LogP) is 7.03. The zero-order valence-corrected chi connectivity index (χ0v) is 37.5. The summed E-state index contributed by atoms with van der Waals surface area (Å²) in [5, 5.41) is 9.52. The summed E-state index contributed by atoms with van der Waals surface area (Å²) in [7, 11) is 6.60. The molecule has 1 atom stereocenters. The van der Waals surface area contributed by atoms with Crippen LogP contribution in [0.2, 0.25) is 0 Å². The maximum atomic E-state index is 13.5. The lowest BCUT2D eigenvalue weighted by atomic mass is 10.1. The summed E-state index contributed by atoms with van der Waals surface area (Å²) in [5.41, 5.74) is 5.36. The molecule has 4 amide bonds. The Bertz CT molecular complexity index is 2940. The number of aryl methyl sites for hydroxylation is 3. The van der Waals surface area contributed by atoms with Crippen LogP contribution in [0.25, 0.3) is 10.9 Å². The largest absolute Gasteiger partial charge is 0.493 e. The molecular formula is C48H52N10O7. The first-order chi connectivity index (χ1) is 30.9. The highest BCUT2D eigenvalue weighted by atomic mass is 16.5. The van der Waals surface area contributed by atoms with E-state index in [-0.39, 0.29) is 66.2 Å². The third kappa shape index (κ3) is 9.21. The molecule has 0 aliphatic carbocycles. The number of carbonyl (C=O) groups excluding carboxylic acids is 5. The van der Waals surface area contributed by atoms with Crippen LogP contribution in [0.1, 0.15) is 87.6 Å². The number of carbonyl (C=O) groups is 5. The van der Waals surface area contributed by atoms with Crippen molar-refractivity contribution in [3.05, 3.63) is 114 Å². The molecule has 336 valence electrons. The van der Waals surface area contributed by atoms with E-state index in [1.54, 1.807) is 78.1 Å². The van der Waals surface area contributed by atoms with Crippen LogP contribution in [-0.2, 0) is 37.9 Å². The molecule has 2 aromatic carbocycles. The third-order valence-corrected chi connectivity index (χ3v) is 11.5. The van der Waals surface area contributed by atoms with Crippen molar-refractivity contribution < 1.29 is 33.4 Å². The molecule has 2 aliphatic heterocycles. The van der Waals surface area contributed by atoms with Gasteiger partial charge in [0.05, 0.1) is 42.4 Å². The van der Waals surface area contributed by atoms with Crippen molar-refractivity contribution in [2.45, 2.75) is 58.0 Å². The minimum atomic E-state index is -0.540. The fourth-order valence-corrected chi connectivity index (χ4v) is 8.29. The number of aliphatic imine (C=N–C) groups is 1. The molecule has 0 spiro atoms. The number of anilines is 3. The highest BCUT2D eigenvalue weighted by Crippen LogP contribution is 2.38. The number of hydrogen-bond acceptors (Lipinski definition) is 9. The first-order valence-corrected chi connectivity index (χ1v) is 21.2. The van der Waals surface area contributed by atoms with Gasteiger partial charge in [0.25, 0.3) is 17.7 Å². The van der Waals surface area contributed by atoms with Gasteiger partial charge in [-0.1, -0.05) is 12.2 Å². The molecule has 4 aromatic heterocycles. The molecule has 1 fully saturated rings. The van der Waals surface area contributed by atoms with Crippen LogP contribution in [-0.4, -0.2) is 90.1 Å². The Morgan fingerprint density at radius 2 is 1.63 bits per heavy atom. The van der Waals surface area contributed by atoms with Crippen LogP contribution in [0.4, 0.5) is 22.9 Å². The van der Waals surface area contributed by atoms with Gasteiger partial charge in [0.2, 0.25) is 11.7 Å². The zero-order chi connectivity index (χ0) is 46.3. The number of benzene rings is 2. The number of amides is 4. The minimum Gasteiger partial charge on any atom is -0.493 e. The van der Waals surface area contributed by atoms with Gasteiger partial charge in [-0.05, 0) is 81.6 Å². The number of fused-ring (bicyclic) bond motifs is 3. The lowest BCUT2D eigenvalue weighted by molar-refractivity contribution is -0.116. The summed E-state index contributed by atoms with van der Waals surface area (Å²) >= 11 is 0. The summed E-state index contributed by atoms with van der Waals surface area (Å²) in [5.74, 6) is -0.489. The van der Waals surface area contributed by atoms with E-state index in [0.29, 0.717) is 70.5 Å². The Morgan fingerprint density at radius 3 is 2.40 bits per heavy atom. The topological polar surface area (TPSA) is 188 Å². The molecule has 8 rings (SSSR count). The second-order valence-electron chi connectivity index (χ2n) is 17.5. The molecular weight excluding hydrogens is 829 g/mol. The van der Waals surface area contributed by atoms with Crippen molar-refractivity contribution >= 4 is 69.4 Å². The van der Waals surface area contributed by atoms with Crippen molar-refractivity contribution in [3.8, 4) is 11.5 Å². The van der Waals surface area contributed by atoms with Gasteiger partial charge in [0.1, 0.15) is 5.69 Å². The molecule has 6 heterocycles. The average molecular weight is 881 g/mol. The Morgan fingerprint density at radius 1 is 0.862 bits per heavy atom. The monoisotopic (exact) mass is 880 g/mol. The van der Waals surface area contributed by atoms with Crippen molar-refractivity contribution in [2.75, 3.05) is 36.2 Å². The predicted molar refractivity (Wildman–Crippen MR) is 248 cm³/mol. The number of nitrogens with one attached hydrogen (secondary N) is 3. The average Bonchev–Trinajstić information content (AvgIpc) is 4.08. The first-order valence-electron chi connectivity index (χ1n) is 21.2. The normalized spacial score (nSPS) is 14.6. The standard InChI is InChI=1S/C48H52N10O7/c1-28-16-33-23-49-35-22-41(40(64-8)21-34(35)47(63)57(33)24-28)65-15-9-10-43(60)52-42-27-56(7)44(53-42)46(62)51-32-20-37(55(6)26-32)39(59)18-29-17-38(54(5)25-29)45(61)50-31-11-12-36-30(19-31)13-14-58(36)48(2,3)4/h11-14,17,19-23,25-27,33H,1,9-10,15-16,18,24H2,2-8H3,(H,50,61)(H,51,62)(H,52,60)/t33-/m0/s1. The number of Topliss-reactive ketones (excluding diaryl/α,β-unsaturated/α-hetero) is 1. The number of ketones is 1. The van der Waals surface area contributed by atoms with Gasteiger partial charge in [0.15, 0.2) is 23.1 Å². The Hall–Kier alpha value is -7.69. The summed E-state index contributed by atoms with van der Waals surface area (Å²) in [6.45, 7) is 11.1. The molecule has 2 aliphatic rings. The molecule has 0 saturated carbocycles. The number of aromatic nitrogens is 5. The Kier molecular flexibility index (Phi) is 11.8. The lowest BCUT2D eigenvalue weighted by Crippen LogP contribution is -2.35. The van der Waals surface area contributed by atoms with Crippen molar-refractivity contribution in [1.29, 1.82) is 0 Å². The number of methoxy groups -OCH3 is 1. The van der Waals surface area contributed by atoms with E-state index < -0.39 is 5.91 Å². The molecule has 0 unspecified atom stereocenters. The van der Waals surface area contributed by atoms with Crippen molar-refractivity contribution in [2.24, 2.45) is 26.1 Å². The number of ether oxygens (including phenoxy) is 2. The van der Waals surface area contributed by atoms with E-state index in [0.717, 1.165) is 16.5 Å². The smallest absolute Gasteiger partial charge is 0.291 e. The van der Waals surface area contributed by atoms with E-state index in [1.165, 1.54) is 17.9 Å². The van der Waals surface area contributed by atoms with Crippen LogP contribution in [0.3, 0.4) is 0 Å². The molecule has 3 N–H and O–H groups in total. The first kappa shape index (κ1) is 43.9. The van der Waals surface area contributed by atoms with Crippen molar-refractivity contribution in [1.82, 2.24) is 28.2 Å². The Balaban J connectivity index is 0.822. The molecule has 6 aromatic rings. The molecule has 0 radical (unpaired) electrons. The molecule has 0 bridgehead atoms. The highest BCUT2D eigenvalue weighted by molar-refractivity contribution is 6.06. The lowest BCUT2D eigenvalue weighted by Gasteiger charge is -2.22. The number of hydrogen-bond donors (Lipinski definition) is 3. The Labute approximate surface area is 375 Å². The van der Waals surface area contributed by atoms with Gasteiger partial charge in [-0.25, -0.2) is 4.98 Å². The molecule has 17 nitrogen and oxygen atoms in total. The van der Waals surface area contributed by atoms with E-state index >= 15 is 0 Å². The second kappa shape index (κ2) is 17.5. The quantitative estimate of drug-likeness (QED) is 0.0591. The van der Waals surface area contributed by atoms with Gasteiger partial charge >= 0.3 is 0 Å². The summed E-state index contributed by atoms with van der Waals surface area (Å²) in [4.78, 5) is 77.0.